The van der Waals surface area contributed by atoms with E-state index in [2.05, 4.69) is 5.10 Å². The van der Waals surface area contributed by atoms with Gasteiger partial charge in [0.25, 0.3) is 5.91 Å². The molecule has 0 spiro atoms. The molecule has 0 aliphatic carbocycles. The molecular weight excluding hydrogens is 424 g/mol. The van der Waals surface area contributed by atoms with Crippen LogP contribution in [0.15, 0.2) is 41.9 Å². The molecular formula is C24H24N4O3S. The molecule has 8 heteroatoms. The molecule has 0 N–H and O–H groups in total. The van der Waals surface area contributed by atoms with Crippen molar-refractivity contribution < 1.29 is 14.3 Å². The minimum atomic E-state index is -0.00806. The third kappa shape index (κ3) is 3.40. The minimum absolute atomic E-state index is 0.00806. The predicted octanol–water partition coefficient (Wildman–Crippen LogP) is 4.40. The summed E-state index contributed by atoms with van der Waals surface area (Å²) < 4.78 is 12.7. The molecule has 0 saturated heterocycles. The maximum absolute atomic E-state index is 13.7. The monoisotopic (exact) mass is 448 g/mol. The number of carbonyl (C=O) groups excluding carboxylic acids is 1. The highest BCUT2D eigenvalue weighted by Crippen LogP contribution is 2.34. The quantitative estimate of drug-likeness (QED) is 0.453. The van der Waals surface area contributed by atoms with Crippen molar-refractivity contribution in [2.24, 2.45) is 0 Å². The van der Waals surface area contributed by atoms with Gasteiger partial charge in [-0.25, -0.2) is 9.67 Å². The Kier molecular flexibility index (Phi) is 5.30. The number of aromatic nitrogens is 3. The van der Waals surface area contributed by atoms with Crippen LogP contribution in [0.4, 0.5) is 0 Å². The van der Waals surface area contributed by atoms with Crippen molar-refractivity contribution in [3.8, 4) is 22.1 Å². The molecule has 3 aromatic heterocycles. The summed E-state index contributed by atoms with van der Waals surface area (Å²) in [5, 5.41) is 7.26. The highest BCUT2D eigenvalue weighted by Gasteiger charge is 2.26. The van der Waals surface area contributed by atoms with E-state index >= 15 is 0 Å². The molecule has 4 aromatic rings. The zero-order valence-corrected chi connectivity index (χ0v) is 19.1. The molecule has 0 unspecified atom stereocenters. The van der Waals surface area contributed by atoms with Gasteiger partial charge in [0.15, 0.2) is 17.1 Å². The number of hydrogen-bond donors (Lipinski definition) is 0. The Morgan fingerprint density at radius 3 is 2.62 bits per heavy atom. The summed E-state index contributed by atoms with van der Waals surface area (Å²) in [6.07, 6.45) is 2.52. The topological polar surface area (TPSA) is 69.5 Å². The van der Waals surface area contributed by atoms with E-state index in [1.807, 2.05) is 52.2 Å². The standard InChI is InChI=1S/C24H24N4O3S/c1-4-28-23-18(13-25-28)17(12-19(26-23)22-6-5-9-32-22)24(29)27-8-7-15-10-20(30-2)21(31-3)11-16(15)14-27/h5-6,9-13H,4,7-8,14H2,1-3H3. The number of nitrogens with zero attached hydrogens (tertiary/aromatic N) is 4. The highest BCUT2D eigenvalue weighted by atomic mass is 32.1. The lowest BCUT2D eigenvalue weighted by atomic mass is 9.98. The molecule has 0 saturated carbocycles. The molecule has 32 heavy (non-hydrogen) atoms. The van der Waals surface area contributed by atoms with Gasteiger partial charge in [-0.05, 0) is 54.1 Å². The van der Waals surface area contributed by atoms with Crippen molar-refractivity contribution >= 4 is 28.3 Å². The van der Waals surface area contributed by atoms with Crippen molar-refractivity contribution in [2.75, 3.05) is 20.8 Å². The van der Waals surface area contributed by atoms with Gasteiger partial charge in [0.1, 0.15) is 0 Å². The maximum atomic E-state index is 13.7. The Hall–Kier alpha value is -3.39. The van der Waals surface area contributed by atoms with E-state index in [0.29, 0.717) is 30.9 Å². The molecule has 1 aliphatic heterocycles. The highest BCUT2D eigenvalue weighted by molar-refractivity contribution is 7.13. The summed E-state index contributed by atoms with van der Waals surface area (Å²) in [7, 11) is 3.26. The van der Waals surface area contributed by atoms with E-state index < -0.39 is 0 Å². The van der Waals surface area contributed by atoms with Crippen molar-refractivity contribution in [3.05, 3.63) is 58.6 Å². The number of carbonyl (C=O) groups is 1. The van der Waals surface area contributed by atoms with Gasteiger partial charge in [0, 0.05) is 19.6 Å². The zero-order chi connectivity index (χ0) is 22.2. The first-order chi connectivity index (χ1) is 15.6. The smallest absolute Gasteiger partial charge is 0.255 e. The van der Waals surface area contributed by atoms with Gasteiger partial charge < -0.3 is 14.4 Å². The summed E-state index contributed by atoms with van der Waals surface area (Å²) in [6, 6.07) is 9.91. The molecule has 0 bridgehead atoms. The van der Waals surface area contributed by atoms with E-state index in [-0.39, 0.29) is 5.91 Å². The van der Waals surface area contributed by atoms with Crippen LogP contribution in [0.2, 0.25) is 0 Å². The van der Waals surface area contributed by atoms with E-state index in [9.17, 15) is 4.79 Å². The van der Waals surface area contributed by atoms with E-state index in [0.717, 1.165) is 39.3 Å². The lowest BCUT2D eigenvalue weighted by molar-refractivity contribution is 0.0736. The number of ether oxygens (including phenoxy) is 2. The van der Waals surface area contributed by atoms with E-state index in [1.54, 1.807) is 31.8 Å². The van der Waals surface area contributed by atoms with Gasteiger partial charge >= 0.3 is 0 Å². The first-order valence-corrected chi connectivity index (χ1v) is 11.4. The van der Waals surface area contributed by atoms with Gasteiger partial charge in [-0.15, -0.1) is 11.3 Å². The van der Waals surface area contributed by atoms with Gasteiger partial charge in [0.2, 0.25) is 0 Å². The second-order valence-electron chi connectivity index (χ2n) is 7.68. The van der Waals surface area contributed by atoms with Crippen LogP contribution >= 0.6 is 11.3 Å². The molecule has 1 aliphatic rings. The third-order valence-electron chi connectivity index (χ3n) is 5.92. The number of amides is 1. The van der Waals surface area contributed by atoms with Gasteiger partial charge in [-0.3, -0.25) is 4.79 Å². The SMILES string of the molecule is CCn1ncc2c(C(=O)N3CCc4cc(OC)c(OC)cc4C3)cc(-c3cccs3)nc21. The van der Waals surface area contributed by atoms with Crippen molar-refractivity contribution in [1.82, 2.24) is 19.7 Å². The number of rotatable bonds is 5. The van der Waals surface area contributed by atoms with Crippen LogP contribution in [-0.2, 0) is 19.5 Å². The van der Waals surface area contributed by atoms with E-state index in [1.165, 1.54) is 5.56 Å². The summed E-state index contributed by atoms with van der Waals surface area (Å²) in [5.74, 6) is 1.39. The Morgan fingerprint density at radius 1 is 1.16 bits per heavy atom. The third-order valence-corrected chi connectivity index (χ3v) is 6.81. The lowest BCUT2D eigenvalue weighted by Crippen LogP contribution is -2.36. The number of thiophene rings is 1. The molecule has 7 nitrogen and oxygen atoms in total. The van der Waals surface area contributed by atoms with Gasteiger partial charge in [0.05, 0.1) is 41.9 Å². The Bertz CT molecular complexity index is 1300. The zero-order valence-electron chi connectivity index (χ0n) is 18.3. The summed E-state index contributed by atoms with van der Waals surface area (Å²) >= 11 is 1.61. The number of fused-ring (bicyclic) bond motifs is 2. The van der Waals surface area contributed by atoms with E-state index in [4.69, 9.17) is 14.5 Å². The normalized spacial score (nSPS) is 13.3. The first-order valence-electron chi connectivity index (χ1n) is 10.6. The fourth-order valence-electron chi connectivity index (χ4n) is 4.23. The second kappa shape index (κ2) is 8.27. The largest absolute Gasteiger partial charge is 0.493 e. The van der Waals surface area contributed by atoms with Crippen LogP contribution in [0.5, 0.6) is 11.5 Å². The summed E-state index contributed by atoms with van der Waals surface area (Å²) in [4.78, 5) is 21.5. The Balaban J connectivity index is 1.55. The van der Waals surface area contributed by atoms with Crippen LogP contribution in [0.3, 0.4) is 0 Å². The fourth-order valence-corrected chi connectivity index (χ4v) is 4.92. The molecule has 0 atom stereocenters. The van der Waals surface area contributed by atoms with Crippen molar-refractivity contribution in [2.45, 2.75) is 26.4 Å². The number of hydrogen-bond acceptors (Lipinski definition) is 6. The number of aryl methyl sites for hydroxylation is 1. The van der Waals surface area contributed by atoms with Crippen LogP contribution in [-0.4, -0.2) is 46.3 Å². The summed E-state index contributed by atoms with van der Waals surface area (Å²) in [5.41, 5.74) is 4.45. The minimum Gasteiger partial charge on any atom is -0.493 e. The average Bonchev–Trinajstić information content (AvgIpc) is 3.51. The fraction of sp³-hybridized carbons (Fsp3) is 0.292. The second-order valence-corrected chi connectivity index (χ2v) is 8.63. The van der Waals surface area contributed by atoms with Crippen molar-refractivity contribution in [1.29, 1.82) is 0 Å². The van der Waals surface area contributed by atoms with Gasteiger partial charge in [-0.2, -0.15) is 5.10 Å². The first kappa shape index (κ1) is 20.5. The molecule has 5 rings (SSSR count). The molecule has 1 amide bonds. The van der Waals surface area contributed by atoms with Crippen molar-refractivity contribution in [3.63, 3.8) is 0 Å². The molecule has 164 valence electrons. The van der Waals surface area contributed by atoms with Crippen LogP contribution in [0.25, 0.3) is 21.6 Å². The number of pyridine rings is 1. The van der Waals surface area contributed by atoms with Crippen LogP contribution < -0.4 is 9.47 Å². The number of benzene rings is 1. The average molecular weight is 449 g/mol. The molecule has 1 aromatic carbocycles. The molecule has 0 fully saturated rings. The lowest BCUT2D eigenvalue weighted by Gasteiger charge is -2.30. The van der Waals surface area contributed by atoms with Crippen LogP contribution in [0.1, 0.15) is 28.4 Å². The Labute approximate surface area is 190 Å². The van der Waals surface area contributed by atoms with Gasteiger partial charge in [-0.1, -0.05) is 6.07 Å². The number of methoxy groups -OCH3 is 2. The van der Waals surface area contributed by atoms with Crippen LogP contribution in [0, 0.1) is 0 Å². The maximum Gasteiger partial charge on any atom is 0.255 e. The predicted molar refractivity (Wildman–Crippen MR) is 125 cm³/mol. The Morgan fingerprint density at radius 2 is 1.94 bits per heavy atom. The summed E-state index contributed by atoms with van der Waals surface area (Å²) in [6.45, 7) is 3.88. The molecule has 0 radical (unpaired) electrons. The molecule has 4 heterocycles.